The molecule has 3 aromatic rings. The molecule has 0 atom stereocenters. The molecule has 0 fully saturated rings. The number of nitrogens with zero attached hydrogens (tertiary/aromatic N) is 2. The van der Waals surface area contributed by atoms with E-state index in [1.165, 1.54) is 0 Å². The molecule has 0 saturated heterocycles. The van der Waals surface area contributed by atoms with Crippen molar-refractivity contribution in [2.45, 2.75) is 6.54 Å². The Morgan fingerprint density at radius 2 is 1.95 bits per heavy atom. The Labute approximate surface area is 111 Å². The van der Waals surface area contributed by atoms with Crippen LogP contribution in [0.1, 0.15) is 5.69 Å². The molecule has 0 radical (unpaired) electrons. The predicted molar refractivity (Wildman–Crippen MR) is 75.1 cm³/mol. The molecule has 0 amide bonds. The van der Waals surface area contributed by atoms with Gasteiger partial charge in [0.25, 0.3) is 0 Å². The molecule has 1 aromatic carbocycles. The first-order valence-electron chi connectivity index (χ1n) is 6.11. The summed E-state index contributed by atoms with van der Waals surface area (Å²) in [4.78, 5) is 4.28. The number of aromatic nitrogens is 2. The molecule has 96 valence electrons. The van der Waals surface area contributed by atoms with Crippen molar-refractivity contribution in [1.29, 1.82) is 0 Å². The molecule has 2 aromatic heterocycles. The van der Waals surface area contributed by atoms with Crippen molar-refractivity contribution in [3.05, 3.63) is 54.6 Å². The second-order valence-corrected chi connectivity index (χ2v) is 4.37. The van der Waals surface area contributed by atoms with E-state index in [0.717, 1.165) is 28.1 Å². The summed E-state index contributed by atoms with van der Waals surface area (Å²) >= 11 is 0. The lowest BCUT2D eigenvalue weighted by atomic mass is 10.1. The first-order chi connectivity index (χ1) is 9.30. The minimum Gasteiger partial charge on any atom is -0.497 e. The van der Waals surface area contributed by atoms with Crippen molar-refractivity contribution in [3.8, 4) is 16.9 Å². The highest BCUT2D eigenvalue weighted by atomic mass is 16.5. The van der Waals surface area contributed by atoms with Gasteiger partial charge in [0, 0.05) is 23.8 Å². The Bertz CT molecular complexity index is 701. The summed E-state index contributed by atoms with van der Waals surface area (Å²) in [7, 11) is 1.67. The summed E-state index contributed by atoms with van der Waals surface area (Å²) in [6.45, 7) is 0.458. The number of methoxy groups -OCH3 is 1. The Morgan fingerprint density at radius 3 is 2.63 bits per heavy atom. The highest BCUT2D eigenvalue weighted by molar-refractivity contribution is 5.70. The minimum atomic E-state index is 0.458. The molecule has 0 aliphatic carbocycles. The van der Waals surface area contributed by atoms with Crippen LogP contribution in [0.15, 0.2) is 48.9 Å². The van der Waals surface area contributed by atoms with Gasteiger partial charge >= 0.3 is 0 Å². The summed E-state index contributed by atoms with van der Waals surface area (Å²) in [6.07, 6.45) is 3.86. The van der Waals surface area contributed by atoms with Crippen LogP contribution in [-0.2, 0) is 6.54 Å². The minimum absolute atomic E-state index is 0.458. The summed E-state index contributed by atoms with van der Waals surface area (Å²) in [5.74, 6) is 0.861. The highest BCUT2D eigenvalue weighted by Gasteiger charge is 2.04. The molecule has 0 aliphatic rings. The summed E-state index contributed by atoms with van der Waals surface area (Å²) in [5, 5.41) is 0. The van der Waals surface area contributed by atoms with Gasteiger partial charge in [-0.1, -0.05) is 12.1 Å². The van der Waals surface area contributed by atoms with Crippen LogP contribution >= 0.6 is 0 Å². The van der Waals surface area contributed by atoms with Gasteiger partial charge in [-0.3, -0.25) is 0 Å². The van der Waals surface area contributed by atoms with E-state index in [4.69, 9.17) is 10.5 Å². The molecule has 2 N–H and O–H groups in total. The Morgan fingerprint density at radius 1 is 1.16 bits per heavy atom. The van der Waals surface area contributed by atoms with Gasteiger partial charge in [-0.25, -0.2) is 4.98 Å². The van der Waals surface area contributed by atoms with E-state index in [-0.39, 0.29) is 0 Å². The highest BCUT2D eigenvalue weighted by Crippen LogP contribution is 2.24. The van der Waals surface area contributed by atoms with Crippen LogP contribution in [-0.4, -0.2) is 16.5 Å². The topological polar surface area (TPSA) is 52.5 Å². The van der Waals surface area contributed by atoms with Crippen molar-refractivity contribution in [3.63, 3.8) is 0 Å². The molecule has 0 unspecified atom stereocenters. The molecule has 0 bridgehead atoms. The Balaban J connectivity index is 2.04. The average Bonchev–Trinajstić information content (AvgIpc) is 2.90. The zero-order valence-electron chi connectivity index (χ0n) is 10.7. The SMILES string of the molecule is COc1ccc(-c2cc3cc(CN)ncn3c2)cc1. The van der Waals surface area contributed by atoms with E-state index in [1.807, 2.05) is 34.7 Å². The van der Waals surface area contributed by atoms with Crippen LogP contribution in [0.3, 0.4) is 0 Å². The summed E-state index contributed by atoms with van der Waals surface area (Å²) < 4.78 is 7.16. The molecule has 0 spiro atoms. The lowest BCUT2D eigenvalue weighted by Gasteiger charge is -2.00. The van der Waals surface area contributed by atoms with E-state index in [2.05, 4.69) is 17.2 Å². The monoisotopic (exact) mass is 253 g/mol. The molecule has 3 rings (SSSR count). The largest absolute Gasteiger partial charge is 0.497 e. The van der Waals surface area contributed by atoms with Gasteiger partial charge in [0.05, 0.1) is 19.1 Å². The number of hydrogen-bond donors (Lipinski definition) is 1. The average molecular weight is 253 g/mol. The normalized spacial score (nSPS) is 10.8. The van der Waals surface area contributed by atoms with Crippen LogP contribution < -0.4 is 10.5 Å². The maximum atomic E-state index is 5.61. The fourth-order valence-corrected chi connectivity index (χ4v) is 2.11. The smallest absolute Gasteiger partial charge is 0.118 e. The number of nitrogens with two attached hydrogens (primary N) is 1. The van der Waals surface area contributed by atoms with E-state index in [0.29, 0.717) is 6.54 Å². The van der Waals surface area contributed by atoms with Crippen molar-refractivity contribution >= 4 is 5.52 Å². The zero-order chi connectivity index (χ0) is 13.2. The van der Waals surface area contributed by atoms with Gasteiger partial charge in [-0.05, 0) is 29.8 Å². The van der Waals surface area contributed by atoms with Gasteiger partial charge < -0.3 is 14.9 Å². The molecule has 4 heteroatoms. The van der Waals surface area contributed by atoms with Crippen LogP contribution in [0.2, 0.25) is 0 Å². The van der Waals surface area contributed by atoms with Gasteiger partial charge in [-0.15, -0.1) is 0 Å². The molecule has 0 saturated carbocycles. The first-order valence-corrected chi connectivity index (χ1v) is 6.11. The van der Waals surface area contributed by atoms with E-state index in [9.17, 15) is 0 Å². The number of rotatable bonds is 3. The third-order valence-corrected chi connectivity index (χ3v) is 3.17. The maximum Gasteiger partial charge on any atom is 0.118 e. The quantitative estimate of drug-likeness (QED) is 0.780. The molecular formula is C15H15N3O. The molecule has 0 aliphatic heterocycles. The third kappa shape index (κ3) is 2.18. The van der Waals surface area contributed by atoms with Gasteiger partial charge in [-0.2, -0.15) is 0 Å². The van der Waals surface area contributed by atoms with E-state index < -0.39 is 0 Å². The lowest BCUT2D eigenvalue weighted by Crippen LogP contribution is -2.00. The summed E-state index contributed by atoms with van der Waals surface area (Å²) in [5.41, 5.74) is 9.90. The summed E-state index contributed by atoms with van der Waals surface area (Å²) in [6, 6.07) is 12.1. The van der Waals surface area contributed by atoms with Crippen molar-refractivity contribution < 1.29 is 4.74 Å². The fourth-order valence-electron chi connectivity index (χ4n) is 2.11. The van der Waals surface area contributed by atoms with Gasteiger partial charge in [0.1, 0.15) is 5.75 Å². The van der Waals surface area contributed by atoms with Gasteiger partial charge in [0.15, 0.2) is 0 Å². The number of ether oxygens (including phenoxy) is 1. The number of fused-ring (bicyclic) bond motifs is 1. The fraction of sp³-hybridized carbons (Fsp3) is 0.133. The third-order valence-electron chi connectivity index (χ3n) is 3.17. The van der Waals surface area contributed by atoms with Crippen LogP contribution in [0, 0.1) is 0 Å². The lowest BCUT2D eigenvalue weighted by molar-refractivity contribution is 0.415. The van der Waals surface area contributed by atoms with E-state index >= 15 is 0 Å². The molecular weight excluding hydrogens is 238 g/mol. The van der Waals surface area contributed by atoms with Crippen molar-refractivity contribution in [2.75, 3.05) is 7.11 Å². The maximum absolute atomic E-state index is 5.61. The van der Waals surface area contributed by atoms with Gasteiger partial charge in [0.2, 0.25) is 0 Å². The standard InChI is InChI=1S/C15H15N3O/c1-19-15-4-2-11(3-5-15)12-6-14-7-13(8-16)17-10-18(14)9-12/h2-7,9-10H,8,16H2,1H3. The number of hydrogen-bond acceptors (Lipinski definition) is 3. The zero-order valence-corrected chi connectivity index (χ0v) is 10.7. The second kappa shape index (κ2) is 4.74. The molecule has 2 heterocycles. The van der Waals surface area contributed by atoms with Crippen LogP contribution in [0.5, 0.6) is 5.75 Å². The molecule has 4 nitrogen and oxygen atoms in total. The predicted octanol–water partition coefficient (Wildman–Crippen LogP) is 2.47. The second-order valence-electron chi connectivity index (χ2n) is 4.37. The van der Waals surface area contributed by atoms with Crippen LogP contribution in [0.25, 0.3) is 16.6 Å². The first kappa shape index (κ1) is 11.7. The van der Waals surface area contributed by atoms with Crippen LogP contribution in [0.4, 0.5) is 0 Å². The Kier molecular flexibility index (Phi) is 2.93. The van der Waals surface area contributed by atoms with Crippen molar-refractivity contribution in [2.24, 2.45) is 5.73 Å². The van der Waals surface area contributed by atoms with E-state index in [1.54, 1.807) is 13.4 Å². The number of benzene rings is 1. The molecule has 19 heavy (non-hydrogen) atoms. The Hall–Kier alpha value is -2.33. The van der Waals surface area contributed by atoms with Crippen molar-refractivity contribution in [1.82, 2.24) is 9.38 Å².